The minimum absolute atomic E-state index is 0.567. The molecule has 0 radical (unpaired) electrons. The first-order chi connectivity index (χ1) is 27.1. The zero-order valence-electron chi connectivity index (χ0n) is 41.6. The van der Waals surface area contributed by atoms with Crippen LogP contribution in [0.5, 0.6) is 0 Å². The molecule has 0 aromatic rings. The third-order valence-electron chi connectivity index (χ3n) is 25.9. The van der Waals surface area contributed by atoms with Gasteiger partial charge in [-0.3, -0.25) is 0 Å². The van der Waals surface area contributed by atoms with Gasteiger partial charge in [-0.05, 0) is 255 Å². The first-order valence-electron chi connectivity index (χ1n) is 27.1. The normalized spacial score (nSPS) is 56.3. The van der Waals surface area contributed by atoms with Gasteiger partial charge in [-0.25, -0.2) is 0 Å². The van der Waals surface area contributed by atoms with Gasteiger partial charge >= 0.3 is 0 Å². The molecule has 10 aliphatic carbocycles. The van der Waals surface area contributed by atoms with Crippen molar-refractivity contribution in [2.45, 2.75) is 238 Å². The van der Waals surface area contributed by atoms with E-state index in [4.69, 9.17) is 0 Å². The Morgan fingerprint density at radius 2 is 0.690 bits per heavy atom. The molecule has 0 N–H and O–H groups in total. The fourth-order valence-electron chi connectivity index (χ4n) is 23.1. The highest BCUT2D eigenvalue weighted by Gasteiger charge is 2.70. The summed E-state index contributed by atoms with van der Waals surface area (Å²) in [7, 11) is 0. The minimum Gasteiger partial charge on any atom is -0.0625 e. The molecule has 0 spiro atoms. The van der Waals surface area contributed by atoms with E-state index in [1.165, 1.54) is 77.0 Å². The molecule has 0 heteroatoms. The maximum absolute atomic E-state index is 2.81. The molecule has 332 valence electrons. The lowest BCUT2D eigenvalue weighted by Crippen LogP contribution is -2.64. The second-order valence-electron chi connectivity index (χ2n) is 28.7. The molecule has 0 amide bonds. The summed E-state index contributed by atoms with van der Waals surface area (Å²) in [6, 6.07) is 0. The van der Waals surface area contributed by atoms with Gasteiger partial charge in [0.2, 0.25) is 0 Å². The Hall–Kier alpha value is 0. The summed E-state index contributed by atoms with van der Waals surface area (Å²) in [5.41, 5.74) is 4.72. The molecule has 58 heavy (non-hydrogen) atoms. The molecule has 0 heterocycles. The van der Waals surface area contributed by atoms with Crippen molar-refractivity contribution in [3.63, 3.8) is 0 Å². The van der Waals surface area contributed by atoms with Gasteiger partial charge < -0.3 is 0 Å². The van der Waals surface area contributed by atoms with Crippen LogP contribution >= 0.6 is 0 Å². The van der Waals surface area contributed by atoms with Crippen molar-refractivity contribution >= 4 is 0 Å². The van der Waals surface area contributed by atoms with E-state index in [0.717, 1.165) is 82.9 Å². The highest BCUT2D eigenvalue weighted by Crippen LogP contribution is 2.78. The Morgan fingerprint density at radius 3 is 1.05 bits per heavy atom. The predicted molar refractivity (Wildman–Crippen MR) is 249 cm³/mol. The molecular weight excluding hydrogens is 697 g/mol. The first kappa shape index (κ1) is 43.3. The quantitative estimate of drug-likeness (QED) is 0.261. The van der Waals surface area contributed by atoms with E-state index >= 15 is 0 Å². The van der Waals surface area contributed by atoms with Gasteiger partial charge in [0, 0.05) is 0 Å². The zero-order valence-corrected chi connectivity index (χ0v) is 41.6. The average Bonchev–Trinajstić information content (AvgIpc) is 3.77. The third kappa shape index (κ3) is 5.86. The largest absolute Gasteiger partial charge is 0.0625 e. The summed E-state index contributed by atoms with van der Waals surface area (Å²) in [6.45, 7) is 37.4. The molecule has 0 aliphatic heterocycles. The maximum Gasteiger partial charge on any atom is -0.0235 e. The zero-order chi connectivity index (χ0) is 41.6. The minimum atomic E-state index is 0.567. The van der Waals surface area contributed by atoms with E-state index in [0.29, 0.717) is 43.3 Å². The lowest BCUT2D eigenvalue weighted by molar-refractivity contribution is -0.229. The molecule has 0 aromatic carbocycles. The van der Waals surface area contributed by atoms with Crippen molar-refractivity contribution in [2.75, 3.05) is 0 Å². The third-order valence-corrected chi connectivity index (χ3v) is 25.9. The van der Waals surface area contributed by atoms with Crippen LogP contribution in [0.4, 0.5) is 0 Å². The molecule has 0 nitrogen and oxygen atoms in total. The van der Waals surface area contributed by atoms with E-state index in [-0.39, 0.29) is 0 Å². The van der Waals surface area contributed by atoms with Crippen LogP contribution in [0.3, 0.4) is 0 Å². The molecule has 10 rings (SSSR count). The van der Waals surface area contributed by atoms with E-state index < -0.39 is 0 Å². The van der Waals surface area contributed by atoms with E-state index in [1.807, 2.05) is 0 Å². The molecule has 10 aliphatic rings. The van der Waals surface area contributed by atoms with Crippen molar-refractivity contribution < 1.29 is 0 Å². The van der Waals surface area contributed by atoms with Crippen LogP contribution in [0, 0.1) is 126 Å². The number of rotatable bonds is 2. The molecular formula is C58H100. The van der Waals surface area contributed by atoms with E-state index in [2.05, 4.69) is 96.9 Å². The van der Waals surface area contributed by atoms with Gasteiger partial charge in [0.05, 0.1) is 0 Å². The highest BCUT2D eigenvalue weighted by molar-refractivity contribution is 5.19. The van der Waals surface area contributed by atoms with Crippen molar-refractivity contribution in [3.05, 3.63) is 0 Å². The van der Waals surface area contributed by atoms with Gasteiger partial charge in [-0.15, -0.1) is 0 Å². The monoisotopic (exact) mass is 797 g/mol. The van der Waals surface area contributed by atoms with E-state index in [1.54, 1.807) is 64.2 Å². The summed E-state index contributed by atoms with van der Waals surface area (Å²) in [6.07, 6.45) is 33.6. The lowest BCUT2D eigenvalue weighted by atomic mass is 9.33. The van der Waals surface area contributed by atoms with Gasteiger partial charge in [-0.2, -0.15) is 0 Å². The highest BCUT2D eigenvalue weighted by atomic mass is 14.7. The van der Waals surface area contributed by atoms with Gasteiger partial charge in [-0.1, -0.05) is 110 Å². The Morgan fingerprint density at radius 1 is 0.328 bits per heavy atom. The SMILES string of the molecule is CC(C)[C@@H]1CC[C@@H]2CC[C@]3(C)[C@H](CC[C@@H]4[C@@]5(C)CCCC(C)(C)[C@@H]5CC[C@]43C)[C@H]21.CC(C)[C@@H]1CC[C@H]2CC[C@]3(C)[C@H](CC[C@@H]4[C@@]5(C)CCCC(C)(C)[C@@H]5CC[C@]43C)[C@H]21. The van der Waals surface area contributed by atoms with Crippen molar-refractivity contribution in [1.82, 2.24) is 0 Å². The average molecular weight is 797 g/mol. The Balaban J connectivity index is 0.000000150. The summed E-state index contributed by atoms with van der Waals surface area (Å²) < 4.78 is 0. The molecule has 0 aromatic heterocycles. The Bertz CT molecular complexity index is 1400. The number of fused-ring (bicyclic) bond motifs is 14. The van der Waals surface area contributed by atoms with Crippen LogP contribution in [0.15, 0.2) is 0 Å². The maximum atomic E-state index is 2.81. The fourth-order valence-corrected chi connectivity index (χ4v) is 23.1. The van der Waals surface area contributed by atoms with Crippen LogP contribution in [0.2, 0.25) is 0 Å². The Kier molecular flexibility index (Phi) is 10.6. The topological polar surface area (TPSA) is 0 Å². The molecule has 10 saturated carbocycles. The second kappa shape index (κ2) is 14.2. The van der Waals surface area contributed by atoms with Crippen LogP contribution in [-0.2, 0) is 0 Å². The molecule has 0 saturated heterocycles. The number of hydrogen-bond acceptors (Lipinski definition) is 0. The second-order valence-corrected chi connectivity index (χ2v) is 28.7. The summed E-state index contributed by atoms with van der Waals surface area (Å²) in [5, 5.41) is 0. The molecule has 10 fully saturated rings. The van der Waals surface area contributed by atoms with Crippen LogP contribution < -0.4 is 0 Å². The summed E-state index contributed by atoms with van der Waals surface area (Å²) in [4.78, 5) is 0. The van der Waals surface area contributed by atoms with Crippen LogP contribution in [0.1, 0.15) is 238 Å². The van der Waals surface area contributed by atoms with Gasteiger partial charge in [0.15, 0.2) is 0 Å². The number of hydrogen-bond donors (Lipinski definition) is 0. The summed E-state index contributed by atoms with van der Waals surface area (Å²) in [5.74, 6) is 14.0. The summed E-state index contributed by atoms with van der Waals surface area (Å²) >= 11 is 0. The van der Waals surface area contributed by atoms with Crippen molar-refractivity contribution in [2.24, 2.45) is 126 Å². The smallest absolute Gasteiger partial charge is 0.0235 e. The van der Waals surface area contributed by atoms with E-state index in [9.17, 15) is 0 Å². The van der Waals surface area contributed by atoms with Crippen molar-refractivity contribution in [3.8, 4) is 0 Å². The lowest BCUT2D eigenvalue weighted by Gasteiger charge is -2.72. The van der Waals surface area contributed by atoms with Crippen molar-refractivity contribution in [1.29, 1.82) is 0 Å². The van der Waals surface area contributed by atoms with Crippen LogP contribution in [0.25, 0.3) is 0 Å². The van der Waals surface area contributed by atoms with Crippen LogP contribution in [-0.4, -0.2) is 0 Å². The molecule has 18 atom stereocenters. The Labute approximate surface area is 362 Å². The van der Waals surface area contributed by atoms with Gasteiger partial charge in [0.25, 0.3) is 0 Å². The standard InChI is InChI=1S/2C29H50/c2*1-19(2)21-10-9-20-13-17-28(6)22(25(20)21)11-12-24-27(5)16-8-15-26(3,4)23(27)14-18-29(24,28)7/h2*19-25H,8-18H2,1-7H3/t20-,21+,22-,23+,24-,25-,27+,28-,29-;20-,21-,22+,23-,24+,25+,27-,28+,29+/m10/s1. The first-order valence-corrected chi connectivity index (χ1v) is 27.1. The molecule has 0 bridgehead atoms. The fraction of sp³-hybridized carbons (Fsp3) is 1.00. The predicted octanol–water partition coefficient (Wildman–Crippen LogP) is 17.5. The molecule has 0 unspecified atom stereocenters. The van der Waals surface area contributed by atoms with Gasteiger partial charge in [0.1, 0.15) is 0 Å².